The van der Waals surface area contributed by atoms with Crippen LogP contribution in [-0.4, -0.2) is 15.5 Å². The van der Waals surface area contributed by atoms with E-state index < -0.39 is 23.3 Å². The monoisotopic (exact) mass is 361 g/mol. The second-order valence-corrected chi connectivity index (χ2v) is 6.25. The van der Waals surface area contributed by atoms with Gasteiger partial charge in [-0.25, -0.2) is 18.6 Å². The van der Waals surface area contributed by atoms with Gasteiger partial charge in [-0.3, -0.25) is 9.36 Å². The van der Waals surface area contributed by atoms with Gasteiger partial charge in [0.2, 0.25) is 5.91 Å². The van der Waals surface area contributed by atoms with Gasteiger partial charge in [0.15, 0.2) is 16.5 Å². The van der Waals surface area contributed by atoms with Gasteiger partial charge in [-0.1, -0.05) is 23.5 Å². The molecular weight excluding hydrogens is 352 g/mol. The molecule has 2 heterocycles. The van der Waals surface area contributed by atoms with E-state index >= 15 is 0 Å². The highest BCUT2D eigenvalue weighted by Gasteiger charge is 2.15. The van der Waals surface area contributed by atoms with Gasteiger partial charge < -0.3 is 9.73 Å². The van der Waals surface area contributed by atoms with Crippen LogP contribution in [-0.2, 0) is 11.3 Å². The Hall–Kier alpha value is -3.07. The van der Waals surface area contributed by atoms with Crippen molar-refractivity contribution in [1.29, 1.82) is 0 Å². The lowest BCUT2D eigenvalue weighted by Gasteiger charge is -2.02. The number of carbonyl (C=O) groups is 1. The molecule has 25 heavy (non-hydrogen) atoms. The van der Waals surface area contributed by atoms with Gasteiger partial charge in [0.25, 0.3) is 0 Å². The first-order valence-corrected chi connectivity index (χ1v) is 7.97. The van der Waals surface area contributed by atoms with Gasteiger partial charge in [-0.05, 0) is 18.2 Å². The molecule has 0 spiro atoms. The molecule has 0 aliphatic rings. The molecular formula is C16H9F2N3O3S. The summed E-state index contributed by atoms with van der Waals surface area (Å²) in [4.78, 5) is 28.0. The van der Waals surface area contributed by atoms with Gasteiger partial charge in [-0.2, -0.15) is 0 Å². The van der Waals surface area contributed by atoms with Gasteiger partial charge in [-0.15, -0.1) is 0 Å². The van der Waals surface area contributed by atoms with Crippen molar-refractivity contribution in [3.05, 3.63) is 58.6 Å². The van der Waals surface area contributed by atoms with Crippen LogP contribution in [0.25, 0.3) is 21.3 Å². The van der Waals surface area contributed by atoms with Crippen LogP contribution >= 0.6 is 11.3 Å². The third-order valence-corrected chi connectivity index (χ3v) is 4.45. The van der Waals surface area contributed by atoms with Crippen molar-refractivity contribution < 1.29 is 18.0 Å². The Morgan fingerprint density at radius 3 is 2.92 bits per heavy atom. The number of aromatic nitrogens is 2. The molecule has 1 N–H and O–H groups in total. The molecule has 0 bridgehead atoms. The Morgan fingerprint density at radius 1 is 1.28 bits per heavy atom. The van der Waals surface area contributed by atoms with Crippen molar-refractivity contribution in [2.45, 2.75) is 6.54 Å². The van der Waals surface area contributed by atoms with Crippen LogP contribution in [0.4, 0.5) is 13.9 Å². The number of amides is 1. The second-order valence-electron chi connectivity index (χ2n) is 5.22. The van der Waals surface area contributed by atoms with Crippen molar-refractivity contribution in [2.75, 3.05) is 5.32 Å². The summed E-state index contributed by atoms with van der Waals surface area (Å²) >= 11 is 0.940. The molecule has 1 amide bonds. The minimum atomic E-state index is -0.802. The summed E-state index contributed by atoms with van der Waals surface area (Å²) in [7, 11) is 0. The Labute approximate surface area is 142 Å². The van der Waals surface area contributed by atoms with E-state index in [0.29, 0.717) is 11.1 Å². The number of oxazole rings is 1. The van der Waals surface area contributed by atoms with Crippen molar-refractivity contribution in [3.63, 3.8) is 0 Å². The standard InChI is InChI=1S/C16H9F2N3O3S/c17-8-5-9(18)14-12(6-8)25-15(20-14)19-13(22)7-21-10-3-1-2-4-11(10)24-16(21)23/h1-6H,7H2,(H,19,20,22). The van der Waals surface area contributed by atoms with E-state index in [0.717, 1.165) is 23.5 Å². The number of hydrogen-bond acceptors (Lipinski definition) is 5. The number of fused-ring (bicyclic) bond motifs is 2. The summed E-state index contributed by atoms with van der Waals surface area (Å²) in [6.45, 7) is -0.289. The number of anilines is 1. The third kappa shape index (κ3) is 2.78. The van der Waals surface area contributed by atoms with E-state index in [1.54, 1.807) is 24.3 Å². The summed E-state index contributed by atoms with van der Waals surface area (Å²) in [5.74, 6) is -2.71. The number of nitrogens with zero attached hydrogens (tertiary/aromatic N) is 2. The summed E-state index contributed by atoms with van der Waals surface area (Å²) in [6, 6.07) is 8.57. The summed E-state index contributed by atoms with van der Waals surface area (Å²) in [6.07, 6.45) is 0. The molecule has 2 aromatic carbocycles. The molecule has 6 nitrogen and oxygen atoms in total. The molecule has 0 aliphatic heterocycles. The number of hydrogen-bond donors (Lipinski definition) is 1. The molecule has 0 atom stereocenters. The number of para-hydroxylation sites is 2. The SMILES string of the molecule is O=C(Cn1c(=O)oc2ccccc21)Nc1nc2c(F)cc(F)cc2s1. The highest BCUT2D eigenvalue weighted by Crippen LogP contribution is 2.28. The van der Waals surface area contributed by atoms with E-state index in [1.165, 1.54) is 4.57 Å². The molecule has 2 aromatic heterocycles. The molecule has 4 rings (SSSR count). The number of carbonyl (C=O) groups excluding carboxylic acids is 1. The molecule has 0 aliphatic carbocycles. The lowest BCUT2D eigenvalue weighted by molar-refractivity contribution is -0.116. The molecule has 4 aromatic rings. The average molecular weight is 361 g/mol. The Kier molecular flexibility index (Phi) is 3.57. The van der Waals surface area contributed by atoms with Crippen LogP contribution < -0.4 is 11.1 Å². The zero-order chi connectivity index (χ0) is 17.6. The lowest BCUT2D eigenvalue weighted by atomic mass is 10.3. The highest BCUT2D eigenvalue weighted by molar-refractivity contribution is 7.22. The Morgan fingerprint density at radius 2 is 2.08 bits per heavy atom. The smallest absolute Gasteiger partial charge is 0.408 e. The fourth-order valence-electron chi connectivity index (χ4n) is 2.48. The molecule has 9 heteroatoms. The van der Waals surface area contributed by atoms with Crippen molar-refractivity contribution in [1.82, 2.24) is 9.55 Å². The lowest BCUT2D eigenvalue weighted by Crippen LogP contribution is -2.24. The van der Waals surface area contributed by atoms with Crippen molar-refractivity contribution in [2.24, 2.45) is 0 Å². The minimum absolute atomic E-state index is 0.0207. The number of rotatable bonds is 3. The van der Waals surface area contributed by atoms with E-state index in [2.05, 4.69) is 10.3 Å². The van der Waals surface area contributed by atoms with Gasteiger partial charge in [0.05, 0.1) is 10.2 Å². The van der Waals surface area contributed by atoms with E-state index in [4.69, 9.17) is 4.42 Å². The average Bonchev–Trinajstić information content (AvgIpc) is 3.09. The van der Waals surface area contributed by atoms with Crippen LogP contribution in [0, 0.1) is 11.6 Å². The Bertz CT molecular complexity index is 1180. The maximum Gasteiger partial charge on any atom is 0.420 e. The van der Waals surface area contributed by atoms with Gasteiger partial charge in [0, 0.05) is 6.07 Å². The molecule has 0 radical (unpaired) electrons. The molecule has 126 valence electrons. The molecule has 0 unspecified atom stereocenters. The number of halogens is 2. The van der Waals surface area contributed by atoms with Gasteiger partial charge in [0.1, 0.15) is 17.9 Å². The highest BCUT2D eigenvalue weighted by atomic mass is 32.1. The van der Waals surface area contributed by atoms with E-state index in [1.807, 2.05) is 0 Å². The van der Waals surface area contributed by atoms with E-state index in [9.17, 15) is 18.4 Å². The normalized spacial score (nSPS) is 11.3. The van der Waals surface area contributed by atoms with Crippen LogP contribution in [0.3, 0.4) is 0 Å². The Balaban J connectivity index is 1.61. The van der Waals surface area contributed by atoms with Crippen LogP contribution in [0.1, 0.15) is 0 Å². The fourth-order valence-corrected chi connectivity index (χ4v) is 3.40. The first-order valence-electron chi connectivity index (χ1n) is 7.15. The minimum Gasteiger partial charge on any atom is -0.408 e. The molecule has 0 saturated heterocycles. The third-order valence-electron chi connectivity index (χ3n) is 3.53. The topological polar surface area (TPSA) is 77.1 Å². The zero-order valence-corrected chi connectivity index (χ0v) is 13.3. The number of nitrogens with one attached hydrogen (secondary N) is 1. The first-order chi connectivity index (χ1) is 12.0. The maximum atomic E-state index is 13.7. The summed E-state index contributed by atoms with van der Waals surface area (Å²) < 4.78 is 33.4. The van der Waals surface area contributed by atoms with Crippen molar-refractivity contribution >= 4 is 43.7 Å². The van der Waals surface area contributed by atoms with Crippen molar-refractivity contribution in [3.8, 4) is 0 Å². The predicted octanol–water partition coefficient (Wildman–Crippen LogP) is 3.12. The van der Waals surface area contributed by atoms with Crippen LogP contribution in [0.2, 0.25) is 0 Å². The maximum absolute atomic E-state index is 13.7. The molecule has 0 fully saturated rings. The van der Waals surface area contributed by atoms with E-state index in [-0.39, 0.29) is 21.9 Å². The summed E-state index contributed by atoms with van der Waals surface area (Å²) in [5, 5.41) is 2.60. The van der Waals surface area contributed by atoms with Gasteiger partial charge >= 0.3 is 5.76 Å². The number of thiazole rings is 1. The molecule has 0 saturated carbocycles. The fraction of sp³-hybridized carbons (Fsp3) is 0.0625. The zero-order valence-electron chi connectivity index (χ0n) is 12.5. The first kappa shape index (κ1) is 15.5. The predicted molar refractivity (Wildman–Crippen MR) is 88.6 cm³/mol. The number of benzene rings is 2. The largest absolute Gasteiger partial charge is 0.420 e. The van der Waals surface area contributed by atoms with Crippen LogP contribution in [0.5, 0.6) is 0 Å². The summed E-state index contributed by atoms with van der Waals surface area (Å²) in [5.41, 5.74) is 0.838. The second kappa shape index (κ2) is 5.78. The van der Waals surface area contributed by atoms with Crippen LogP contribution in [0.15, 0.2) is 45.6 Å². The quantitative estimate of drug-likeness (QED) is 0.608.